The van der Waals surface area contributed by atoms with Crippen molar-refractivity contribution < 1.29 is 23.1 Å². The quantitative estimate of drug-likeness (QED) is 0.823. The van der Waals surface area contributed by atoms with Crippen LogP contribution < -0.4 is 0 Å². The maximum atomic E-state index is 12.6. The van der Waals surface area contributed by atoms with Crippen LogP contribution in [0.3, 0.4) is 0 Å². The van der Waals surface area contributed by atoms with Gasteiger partial charge in [0.25, 0.3) is 0 Å². The van der Waals surface area contributed by atoms with Gasteiger partial charge in [0.15, 0.2) is 0 Å². The minimum Gasteiger partial charge on any atom is -0.478 e. The minimum absolute atomic E-state index is 0.171. The summed E-state index contributed by atoms with van der Waals surface area (Å²) in [6.07, 6.45) is 0. The first-order valence-electron chi connectivity index (χ1n) is 6.15. The van der Waals surface area contributed by atoms with E-state index in [9.17, 15) is 13.2 Å². The average Bonchev–Trinajstić information content (AvgIpc) is 2.38. The van der Waals surface area contributed by atoms with Crippen molar-refractivity contribution in [2.75, 3.05) is 20.3 Å². The number of hydrogen-bond donors (Lipinski definition) is 1. The molecule has 0 aliphatic heterocycles. The molecule has 0 unspecified atom stereocenters. The molecule has 0 aliphatic carbocycles. The molecule has 0 aromatic heterocycles. The molecule has 0 atom stereocenters. The molecule has 1 aromatic carbocycles. The zero-order valence-electron chi connectivity index (χ0n) is 11.7. The van der Waals surface area contributed by atoms with Crippen LogP contribution in [0.4, 0.5) is 0 Å². The van der Waals surface area contributed by atoms with E-state index >= 15 is 0 Å². The number of sulfonamides is 1. The summed E-state index contributed by atoms with van der Waals surface area (Å²) in [5.74, 6) is -1.26. The second-order valence-electron chi connectivity index (χ2n) is 4.50. The fraction of sp³-hybridized carbons (Fsp3) is 0.462. The topological polar surface area (TPSA) is 83.9 Å². The molecule has 0 saturated carbocycles. The van der Waals surface area contributed by atoms with Crippen LogP contribution in [0.2, 0.25) is 0 Å². The van der Waals surface area contributed by atoms with Crippen molar-refractivity contribution >= 4 is 16.0 Å². The fourth-order valence-electron chi connectivity index (χ4n) is 1.83. The van der Waals surface area contributed by atoms with Gasteiger partial charge in [0.05, 0.1) is 17.1 Å². The molecule has 6 nitrogen and oxygen atoms in total. The molecular weight excluding hydrogens is 282 g/mol. The molecule has 1 aromatic rings. The number of hydrogen-bond acceptors (Lipinski definition) is 4. The van der Waals surface area contributed by atoms with E-state index in [1.807, 2.05) is 0 Å². The number of rotatable bonds is 7. The van der Waals surface area contributed by atoms with Gasteiger partial charge in [-0.15, -0.1) is 0 Å². The second kappa shape index (κ2) is 6.83. The van der Waals surface area contributed by atoms with Gasteiger partial charge < -0.3 is 9.84 Å². The molecule has 0 bridgehead atoms. The van der Waals surface area contributed by atoms with E-state index in [0.29, 0.717) is 0 Å². The Morgan fingerprint density at radius 3 is 2.45 bits per heavy atom. The van der Waals surface area contributed by atoms with E-state index < -0.39 is 16.0 Å². The lowest BCUT2D eigenvalue weighted by Crippen LogP contribution is -2.39. The SMILES string of the molecule is COCCN(C(C)C)S(=O)(=O)c1ccccc1C(=O)O. The van der Waals surface area contributed by atoms with Crippen LogP contribution in [-0.2, 0) is 14.8 Å². The third-order valence-corrected chi connectivity index (χ3v) is 4.93. The minimum atomic E-state index is -3.88. The van der Waals surface area contributed by atoms with Crippen LogP contribution in [0, 0.1) is 0 Å². The molecule has 0 radical (unpaired) electrons. The molecule has 0 heterocycles. The van der Waals surface area contributed by atoms with E-state index in [1.54, 1.807) is 13.8 Å². The van der Waals surface area contributed by atoms with Crippen molar-refractivity contribution in [2.45, 2.75) is 24.8 Å². The van der Waals surface area contributed by atoms with Gasteiger partial charge in [0.1, 0.15) is 0 Å². The highest BCUT2D eigenvalue weighted by atomic mass is 32.2. The van der Waals surface area contributed by atoms with Crippen molar-refractivity contribution in [3.05, 3.63) is 29.8 Å². The van der Waals surface area contributed by atoms with Crippen LogP contribution in [-0.4, -0.2) is 50.1 Å². The predicted octanol–water partition coefficient (Wildman–Crippen LogP) is 1.43. The molecular formula is C13H19NO5S. The standard InChI is InChI=1S/C13H19NO5S/c1-10(2)14(8-9-19-3)20(17,18)12-7-5-4-6-11(12)13(15)16/h4-7,10H,8-9H2,1-3H3,(H,15,16). The lowest BCUT2D eigenvalue weighted by molar-refractivity contribution is 0.0692. The third kappa shape index (κ3) is 3.56. The van der Waals surface area contributed by atoms with Crippen molar-refractivity contribution in [3.63, 3.8) is 0 Å². The summed E-state index contributed by atoms with van der Waals surface area (Å²) < 4.78 is 31.4. The van der Waals surface area contributed by atoms with Crippen LogP contribution in [0.15, 0.2) is 29.2 Å². The Balaban J connectivity index is 3.30. The summed E-state index contributed by atoms with van der Waals surface area (Å²) >= 11 is 0. The highest BCUT2D eigenvalue weighted by Gasteiger charge is 2.30. The smallest absolute Gasteiger partial charge is 0.337 e. The van der Waals surface area contributed by atoms with E-state index in [0.717, 1.165) is 0 Å². The third-order valence-electron chi connectivity index (χ3n) is 2.80. The van der Waals surface area contributed by atoms with Crippen LogP contribution in [0.25, 0.3) is 0 Å². The molecule has 0 fully saturated rings. The summed E-state index contributed by atoms with van der Waals surface area (Å²) in [4.78, 5) is 11.0. The molecule has 1 N–H and O–H groups in total. The van der Waals surface area contributed by atoms with E-state index in [-0.39, 0.29) is 29.7 Å². The number of carboxylic acids is 1. The van der Waals surface area contributed by atoms with Gasteiger partial charge >= 0.3 is 5.97 Å². The number of carbonyl (C=O) groups is 1. The maximum absolute atomic E-state index is 12.6. The first-order valence-corrected chi connectivity index (χ1v) is 7.59. The van der Waals surface area contributed by atoms with Crippen molar-refractivity contribution in [1.29, 1.82) is 0 Å². The Labute approximate surface area is 119 Å². The van der Waals surface area contributed by atoms with Gasteiger partial charge in [-0.25, -0.2) is 13.2 Å². The van der Waals surface area contributed by atoms with Gasteiger partial charge in [-0.05, 0) is 26.0 Å². The largest absolute Gasteiger partial charge is 0.478 e. The van der Waals surface area contributed by atoms with Crippen LogP contribution in [0.5, 0.6) is 0 Å². The normalized spacial score (nSPS) is 12.1. The summed E-state index contributed by atoms with van der Waals surface area (Å²) in [6, 6.07) is 5.30. The van der Waals surface area contributed by atoms with Crippen molar-refractivity contribution in [3.8, 4) is 0 Å². The second-order valence-corrected chi connectivity index (χ2v) is 6.36. The number of ether oxygens (including phenoxy) is 1. The Morgan fingerprint density at radius 1 is 1.35 bits per heavy atom. The van der Waals surface area contributed by atoms with Crippen LogP contribution in [0.1, 0.15) is 24.2 Å². The fourth-order valence-corrected chi connectivity index (χ4v) is 3.64. The lowest BCUT2D eigenvalue weighted by atomic mass is 10.2. The lowest BCUT2D eigenvalue weighted by Gasteiger charge is -2.26. The van der Waals surface area contributed by atoms with Gasteiger partial charge in [0, 0.05) is 19.7 Å². The number of benzene rings is 1. The first-order chi connectivity index (χ1) is 9.32. The average molecular weight is 301 g/mol. The predicted molar refractivity (Wildman–Crippen MR) is 74.3 cm³/mol. The summed E-state index contributed by atoms with van der Waals surface area (Å²) in [6.45, 7) is 3.88. The molecule has 7 heteroatoms. The van der Waals surface area contributed by atoms with Crippen molar-refractivity contribution in [1.82, 2.24) is 4.31 Å². The maximum Gasteiger partial charge on any atom is 0.337 e. The van der Waals surface area contributed by atoms with Gasteiger partial charge in [0.2, 0.25) is 10.0 Å². The highest BCUT2D eigenvalue weighted by molar-refractivity contribution is 7.89. The summed E-state index contributed by atoms with van der Waals surface area (Å²) in [5.41, 5.74) is -0.226. The van der Waals surface area contributed by atoms with Gasteiger partial charge in [-0.3, -0.25) is 0 Å². The Hall–Kier alpha value is -1.44. The Bertz CT molecular complexity index is 568. The number of nitrogens with zero attached hydrogens (tertiary/aromatic N) is 1. The summed E-state index contributed by atoms with van der Waals surface area (Å²) in [7, 11) is -2.39. The summed E-state index contributed by atoms with van der Waals surface area (Å²) in [5, 5.41) is 9.12. The van der Waals surface area contributed by atoms with Gasteiger partial charge in [-0.2, -0.15) is 4.31 Å². The number of aromatic carboxylic acids is 1. The van der Waals surface area contributed by atoms with E-state index in [2.05, 4.69) is 0 Å². The molecule has 0 saturated heterocycles. The Kier molecular flexibility index (Phi) is 5.67. The molecule has 112 valence electrons. The zero-order chi connectivity index (χ0) is 15.3. The zero-order valence-corrected chi connectivity index (χ0v) is 12.6. The highest BCUT2D eigenvalue weighted by Crippen LogP contribution is 2.22. The molecule has 0 spiro atoms. The van der Waals surface area contributed by atoms with Crippen molar-refractivity contribution in [2.24, 2.45) is 0 Å². The Morgan fingerprint density at radius 2 is 1.95 bits per heavy atom. The first kappa shape index (κ1) is 16.6. The number of methoxy groups -OCH3 is 1. The molecule has 20 heavy (non-hydrogen) atoms. The number of carboxylic acid groups (broad SMARTS) is 1. The van der Waals surface area contributed by atoms with Crippen LogP contribution >= 0.6 is 0 Å². The van der Waals surface area contributed by atoms with E-state index in [4.69, 9.17) is 9.84 Å². The molecule has 0 aliphatic rings. The molecule has 0 amide bonds. The van der Waals surface area contributed by atoms with Gasteiger partial charge in [-0.1, -0.05) is 12.1 Å². The van der Waals surface area contributed by atoms with E-state index in [1.165, 1.54) is 35.7 Å². The molecule has 1 rings (SSSR count). The monoisotopic (exact) mass is 301 g/mol.